The SMILES string of the molecule is Cc1nc(NNC(=O)c2ccc(Cl)cc2Cl)cc(-c2ccccc2)n1. The van der Waals surface area contributed by atoms with E-state index in [4.69, 9.17) is 23.2 Å². The van der Waals surface area contributed by atoms with Crippen molar-refractivity contribution in [2.45, 2.75) is 6.92 Å². The largest absolute Gasteiger partial charge is 0.281 e. The number of nitrogens with one attached hydrogen (secondary N) is 2. The van der Waals surface area contributed by atoms with Crippen LogP contribution in [0.25, 0.3) is 11.3 Å². The van der Waals surface area contributed by atoms with Crippen LogP contribution in [0.3, 0.4) is 0 Å². The number of carbonyl (C=O) groups is 1. The topological polar surface area (TPSA) is 66.9 Å². The highest BCUT2D eigenvalue weighted by Gasteiger charge is 2.11. The summed E-state index contributed by atoms with van der Waals surface area (Å²) >= 11 is 11.9. The van der Waals surface area contributed by atoms with Crippen molar-refractivity contribution < 1.29 is 4.79 Å². The molecule has 126 valence electrons. The maximum atomic E-state index is 12.2. The maximum absolute atomic E-state index is 12.2. The molecule has 2 N–H and O–H groups in total. The number of anilines is 1. The fourth-order valence-electron chi connectivity index (χ4n) is 2.25. The second-order valence-corrected chi connectivity index (χ2v) is 6.10. The van der Waals surface area contributed by atoms with Crippen molar-refractivity contribution in [1.29, 1.82) is 0 Å². The molecule has 1 heterocycles. The Morgan fingerprint density at radius 3 is 2.48 bits per heavy atom. The Morgan fingerprint density at radius 1 is 1.00 bits per heavy atom. The molecule has 0 spiro atoms. The van der Waals surface area contributed by atoms with Gasteiger partial charge in [-0.3, -0.25) is 15.6 Å². The molecule has 0 atom stereocenters. The predicted octanol–water partition coefficient (Wildman–Crippen LogP) is 4.52. The monoisotopic (exact) mass is 372 g/mol. The van der Waals surface area contributed by atoms with Gasteiger partial charge in [0.1, 0.15) is 11.6 Å². The van der Waals surface area contributed by atoms with Crippen molar-refractivity contribution in [3.05, 3.63) is 76.0 Å². The van der Waals surface area contributed by atoms with Crippen molar-refractivity contribution in [3.8, 4) is 11.3 Å². The third-order valence-electron chi connectivity index (χ3n) is 3.39. The van der Waals surface area contributed by atoms with E-state index in [1.54, 1.807) is 25.1 Å². The van der Waals surface area contributed by atoms with E-state index >= 15 is 0 Å². The summed E-state index contributed by atoms with van der Waals surface area (Å²) in [5.41, 5.74) is 7.40. The molecule has 0 bridgehead atoms. The van der Waals surface area contributed by atoms with E-state index in [0.717, 1.165) is 11.3 Å². The molecule has 25 heavy (non-hydrogen) atoms. The number of benzene rings is 2. The number of halogens is 2. The van der Waals surface area contributed by atoms with Crippen LogP contribution in [0.1, 0.15) is 16.2 Å². The molecular weight excluding hydrogens is 359 g/mol. The second kappa shape index (κ2) is 7.51. The highest BCUT2D eigenvalue weighted by Crippen LogP contribution is 2.21. The molecule has 3 aromatic rings. The van der Waals surface area contributed by atoms with Gasteiger partial charge in [-0.1, -0.05) is 53.5 Å². The van der Waals surface area contributed by atoms with Gasteiger partial charge >= 0.3 is 0 Å². The molecule has 0 saturated heterocycles. The van der Waals surface area contributed by atoms with Crippen LogP contribution in [0.15, 0.2) is 54.6 Å². The summed E-state index contributed by atoms with van der Waals surface area (Å²) in [6.45, 7) is 1.79. The van der Waals surface area contributed by atoms with E-state index in [0.29, 0.717) is 22.2 Å². The lowest BCUT2D eigenvalue weighted by Crippen LogP contribution is -2.30. The van der Waals surface area contributed by atoms with Crippen LogP contribution < -0.4 is 10.9 Å². The average Bonchev–Trinajstić information content (AvgIpc) is 2.60. The molecule has 1 amide bonds. The van der Waals surface area contributed by atoms with Gasteiger partial charge in [0, 0.05) is 16.7 Å². The van der Waals surface area contributed by atoms with Crippen LogP contribution >= 0.6 is 23.2 Å². The Kier molecular flexibility index (Phi) is 5.16. The van der Waals surface area contributed by atoms with Gasteiger partial charge in [-0.25, -0.2) is 9.97 Å². The van der Waals surface area contributed by atoms with E-state index in [9.17, 15) is 4.79 Å². The fourth-order valence-corrected chi connectivity index (χ4v) is 2.74. The number of hydrogen-bond donors (Lipinski definition) is 2. The number of hydrazine groups is 1. The number of amides is 1. The number of aromatic nitrogens is 2. The smallest absolute Gasteiger partial charge is 0.271 e. The molecule has 0 aliphatic rings. The number of carbonyl (C=O) groups excluding carboxylic acids is 1. The van der Waals surface area contributed by atoms with Crippen LogP contribution in [0.4, 0.5) is 5.82 Å². The summed E-state index contributed by atoms with van der Waals surface area (Å²) in [4.78, 5) is 20.9. The minimum atomic E-state index is -0.390. The van der Waals surface area contributed by atoms with Crippen LogP contribution in [0, 0.1) is 6.92 Å². The minimum absolute atomic E-state index is 0.274. The average molecular weight is 373 g/mol. The molecular formula is C18H14Cl2N4O. The van der Waals surface area contributed by atoms with Gasteiger partial charge in [0.25, 0.3) is 5.91 Å². The number of rotatable bonds is 4. The lowest BCUT2D eigenvalue weighted by Gasteiger charge is -2.11. The first kappa shape index (κ1) is 17.2. The molecule has 0 unspecified atom stereocenters. The van der Waals surface area contributed by atoms with Gasteiger partial charge in [-0.15, -0.1) is 0 Å². The van der Waals surface area contributed by atoms with Crippen molar-refractivity contribution in [2.24, 2.45) is 0 Å². The first-order valence-electron chi connectivity index (χ1n) is 7.45. The molecule has 5 nitrogen and oxygen atoms in total. The highest BCUT2D eigenvalue weighted by molar-refractivity contribution is 6.36. The van der Waals surface area contributed by atoms with Gasteiger partial charge in [-0.05, 0) is 25.1 Å². The second-order valence-electron chi connectivity index (χ2n) is 5.25. The Balaban J connectivity index is 1.77. The zero-order valence-electron chi connectivity index (χ0n) is 13.3. The predicted molar refractivity (Wildman–Crippen MR) is 99.8 cm³/mol. The number of aryl methyl sites for hydroxylation is 1. The van der Waals surface area contributed by atoms with Crippen molar-refractivity contribution in [3.63, 3.8) is 0 Å². The number of hydrogen-bond acceptors (Lipinski definition) is 4. The summed E-state index contributed by atoms with van der Waals surface area (Å²) in [6.07, 6.45) is 0. The summed E-state index contributed by atoms with van der Waals surface area (Å²) in [7, 11) is 0. The quantitative estimate of drug-likeness (QED) is 0.660. The van der Waals surface area contributed by atoms with Crippen molar-refractivity contribution in [2.75, 3.05) is 5.43 Å². The number of nitrogens with zero attached hydrogens (tertiary/aromatic N) is 2. The van der Waals surface area contributed by atoms with E-state index in [1.165, 1.54) is 6.07 Å². The van der Waals surface area contributed by atoms with Gasteiger partial charge < -0.3 is 0 Å². The zero-order chi connectivity index (χ0) is 17.8. The molecule has 0 aliphatic heterocycles. The van der Waals surface area contributed by atoms with E-state index in [1.807, 2.05) is 30.3 Å². The summed E-state index contributed by atoms with van der Waals surface area (Å²) < 4.78 is 0. The standard InChI is InChI=1S/C18H14Cl2N4O/c1-11-21-16(12-5-3-2-4-6-12)10-17(22-11)23-24-18(25)14-8-7-13(19)9-15(14)20/h2-10H,1H3,(H,24,25)(H,21,22,23). The minimum Gasteiger partial charge on any atom is -0.281 e. The van der Waals surface area contributed by atoms with Crippen LogP contribution in [-0.2, 0) is 0 Å². The van der Waals surface area contributed by atoms with E-state index < -0.39 is 0 Å². The maximum Gasteiger partial charge on any atom is 0.271 e. The van der Waals surface area contributed by atoms with Gasteiger partial charge in [-0.2, -0.15) is 0 Å². The highest BCUT2D eigenvalue weighted by atomic mass is 35.5. The molecule has 0 radical (unpaired) electrons. The molecule has 0 aliphatic carbocycles. The molecule has 0 saturated carbocycles. The Bertz CT molecular complexity index is 916. The molecule has 0 fully saturated rings. The first-order valence-corrected chi connectivity index (χ1v) is 8.21. The van der Waals surface area contributed by atoms with Crippen LogP contribution in [0.2, 0.25) is 10.0 Å². The van der Waals surface area contributed by atoms with Crippen LogP contribution in [-0.4, -0.2) is 15.9 Å². The first-order chi connectivity index (χ1) is 12.0. The van der Waals surface area contributed by atoms with E-state index in [2.05, 4.69) is 20.8 Å². The van der Waals surface area contributed by atoms with Gasteiger partial charge in [0.15, 0.2) is 0 Å². The van der Waals surface area contributed by atoms with Crippen LogP contribution in [0.5, 0.6) is 0 Å². The summed E-state index contributed by atoms with van der Waals surface area (Å²) in [5.74, 6) is 0.673. The summed E-state index contributed by atoms with van der Waals surface area (Å²) in [5, 5.41) is 0.740. The normalized spacial score (nSPS) is 10.4. The zero-order valence-corrected chi connectivity index (χ0v) is 14.8. The third kappa shape index (κ3) is 4.26. The van der Waals surface area contributed by atoms with Gasteiger partial charge in [0.2, 0.25) is 0 Å². The van der Waals surface area contributed by atoms with Crippen molar-refractivity contribution >= 4 is 34.9 Å². The third-order valence-corrected chi connectivity index (χ3v) is 3.94. The summed E-state index contributed by atoms with van der Waals surface area (Å²) in [6, 6.07) is 16.1. The Morgan fingerprint density at radius 2 is 1.76 bits per heavy atom. The molecule has 2 aromatic carbocycles. The Hall–Kier alpha value is -2.63. The van der Waals surface area contributed by atoms with E-state index in [-0.39, 0.29) is 10.9 Å². The van der Waals surface area contributed by atoms with Gasteiger partial charge in [0.05, 0.1) is 16.3 Å². The van der Waals surface area contributed by atoms with Crippen molar-refractivity contribution in [1.82, 2.24) is 15.4 Å². The fraction of sp³-hybridized carbons (Fsp3) is 0.0556. The Labute approximate surface area is 155 Å². The molecule has 7 heteroatoms. The molecule has 3 rings (SSSR count). The molecule has 1 aromatic heterocycles. The lowest BCUT2D eigenvalue weighted by atomic mass is 10.1. The lowest BCUT2D eigenvalue weighted by molar-refractivity contribution is 0.0962.